The summed E-state index contributed by atoms with van der Waals surface area (Å²) in [5.74, 6) is -0.0315. The molecule has 0 aliphatic carbocycles. The minimum atomic E-state index is -0.927. The molecule has 3 rings (SSSR count). The zero-order chi connectivity index (χ0) is 14.1. The van der Waals surface area contributed by atoms with Gasteiger partial charge in [0.1, 0.15) is 11.3 Å². The van der Waals surface area contributed by atoms with Crippen LogP contribution >= 0.6 is 0 Å². The van der Waals surface area contributed by atoms with Crippen molar-refractivity contribution in [1.29, 1.82) is 0 Å². The Kier molecular flexibility index (Phi) is 3.46. The van der Waals surface area contributed by atoms with E-state index in [9.17, 15) is 4.79 Å². The number of nitrogens with zero attached hydrogens (tertiary/aromatic N) is 2. The molecule has 1 aromatic carbocycles. The Morgan fingerprint density at radius 2 is 2.00 bits per heavy atom. The first-order valence-electron chi connectivity index (χ1n) is 6.78. The third-order valence-electron chi connectivity index (χ3n) is 3.79. The van der Waals surface area contributed by atoms with Gasteiger partial charge < -0.3 is 14.4 Å². The molecule has 5 heteroatoms. The monoisotopic (exact) mass is 274 g/mol. The molecule has 1 N–H and O–H groups in total. The minimum Gasteiger partial charge on any atom is -0.478 e. The highest BCUT2D eigenvalue weighted by Crippen LogP contribution is 2.22. The lowest BCUT2D eigenvalue weighted by Crippen LogP contribution is -2.43. The van der Waals surface area contributed by atoms with Crippen molar-refractivity contribution in [2.75, 3.05) is 33.2 Å². The fourth-order valence-corrected chi connectivity index (χ4v) is 2.52. The Hall–Kier alpha value is -1.85. The molecular weight excluding hydrogens is 256 g/mol. The van der Waals surface area contributed by atoms with E-state index in [1.165, 1.54) is 0 Å². The van der Waals surface area contributed by atoms with Crippen LogP contribution in [0, 0.1) is 0 Å². The summed E-state index contributed by atoms with van der Waals surface area (Å²) in [6.45, 7) is 5.00. The SMILES string of the molecule is CN1CCN(Cc2cc3ccc(C(=O)O)cc3o2)CC1. The maximum atomic E-state index is 10.9. The summed E-state index contributed by atoms with van der Waals surface area (Å²) in [7, 11) is 2.13. The van der Waals surface area contributed by atoms with Crippen LogP contribution in [0.5, 0.6) is 0 Å². The molecule has 1 aliphatic heterocycles. The number of hydrogen-bond acceptors (Lipinski definition) is 4. The number of carboxylic acid groups (broad SMARTS) is 1. The minimum absolute atomic E-state index is 0.262. The lowest BCUT2D eigenvalue weighted by atomic mass is 10.2. The average molecular weight is 274 g/mol. The molecule has 0 amide bonds. The highest BCUT2D eigenvalue weighted by molar-refractivity contribution is 5.92. The van der Waals surface area contributed by atoms with Crippen LogP contribution in [0.2, 0.25) is 0 Å². The first-order chi connectivity index (χ1) is 9.61. The lowest BCUT2D eigenvalue weighted by Gasteiger charge is -2.31. The zero-order valence-corrected chi connectivity index (χ0v) is 11.5. The van der Waals surface area contributed by atoms with Gasteiger partial charge in [0, 0.05) is 31.6 Å². The number of furan rings is 1. The van der Waals surface area contributed by atoms with Gasteiger partial charge >= 0.3 is 5.97 Å². The average Bonchev–Trinajstić information content (AvgIpc) is 2.82. The van der Waals surface area contributed by atoms with Gasteiger partial charge in [-0.05, 0) is 25.2 Å². The fourth-order valence-electron chi connectivity index (χ4n) is 2.52. The molecule has 0 unspecified atom stereocenters. The zero-order valence-electron chi connectivity index (χ0n) is 11.5. The molecule has 1 saturated heterocycles. The first kappa shape index (κ1) is 13.1. The van der Waals surface area contributed by atoms with Gasteiger partial charge in [0.15, 0.2) is 0 Å². The van der Waals surface area contributed by atoms with Crippen molar-refractivity contribution in [2.24, 2.45) is 0 Å². The first-order valence-corrected chi connectivity index (χ1v) is 6.78. The Bertz CT molecular complexity index is 627. The summed E-state index contributed by atoms with van der Waals surface area (Å²) in [6, 6.07) is 7.00. The number of carboxylic acids is 1. The van der Waals surface area contributed by atoms with Crippen LogP contribution in [0.4, 0.5) is 0 Å². The summed E-state index contributed by atoms with van der Waals surface area (Å²) < 4.78 is 5.77. The van der Waals surface area contributed by atoms with Crippen LogP contribution in [0.15, 0.2) is 28.7 Å². The number of carbonyl (C=O) groups is 1. The third kappa shape index (κ3) is 2.69. The highest BCUT2D eigenvalue weighted by atomic mass is 16.4. The maximum absolute atomic E-state index is 10.9. The van der Waals surface area contributed by atoms with Crippen molar-refractivity contribution in [3.8, 4) is 0 Å². The Morgan fingerprint density at radius 1 is 1.25 bits per heavy atom. The van der Waals surface area contributed by atoms with E-state index in [2.05, 4.69) is 16.8 Å². The van der Waals surface area contributed by atoms with Crippen molar-refractivity contribution in [3.05, 3.63) is 35.6 Å². The molecular formula is C15H18N2O3. The second-order valence-corrected chi connectivity index (χ2v) is 5.35. The van der Waals surface area contributed by atoms with Crippen molar-refractivity contribution in [2.45, 2.75) is 6.54 Å². The predicted octanol–water partition coefficient (Wildman–Crippen LogP) is 1.88. The van der Waals surface area contributed by atoms with Gasteiger partial charge in [0.2, 0.25) is 0 Å². The maximum Gasteiger partial charge on any atom is 0.335 e. The third-order valence-corrected chi connectivity index (χ3v) is 3.79. The molecule has 5 nitrogen and oxygen atoms in total. The quantitative estimate of drug-likeness (QED) is 0.926. The second-order valence-electron chi connectivity index (χ2n) is 5.35. The van der Waals surface area contributed by atoms with E-state index in [0.29, 0.717) is 5.58 Å². The fraction of sp³-hybridized carbons (Fsp3) is 0.400. The molecule has 1 aliphatic rings. The van der Waals surface area contributed by atoms with Crippen molar-refractivity contribution in [1.82, 2.24) is 9.80 Å². The van der Waals surface area contributed by atoms with E-state index in [1.54, 1.807) is 18.2 Å². The highest BCUT2D eigenvalue weighted by Gasteiger charge is 2.16. The Morgan fingerprint density at radius 3 is 2.70 bits per heavy atom. The van der Waals surface area contributed by atoms with Gasteiger partial charge in [-0.3, -0.25) is 4.90 Å². The normalized spacial score (nSPS) is 17.6. The summed E-state index contributed by atoms with van der Waals surface area (Å²) in [5, 5.41) is 9.94. The van der Waals surface area contributed by atoms with Crippen LogP contribution in [-0.4, -0.2) is 54.1 Å². The molecule has 1 fully saturated rings. The predicted molar refractivity (Wildman–Crippen MR) is 75.9 cm³/mol. The molecule has 0 bridgehead atoms. The molecule has 0 atom stereocenters. The molecule has 0 saturated carbocycles. The van der Waals surface area contributed by atoms with Crippen LogP contribution in [0.25, 0.3) is 11.0 Å². The van der Waals surface area contributed by atoms with Crippen molar-refractivity contribution < 1.29 is 14.3 Å². The Balaban J connectivity index is 1.77. The standard InChI is InChI=1S/C15H18N2O3/c1-16-4-6-17(7-5-16)10-13-8-11-2-3-12(15(18)19)9-14(11)20-13/h2-3,8-9H,4-7,10H2,1H3,(H,18,19). The van der Waals surface area contributed by atoms with E-state index in [4.69, 9.17) is 9.52 Å². The van der Waals surface area contributed by atoms with Crippen LogP contribution in [0.3, 0.4) is 0 Å². The van der Waals surface area contributed by atoms with Gasteiger partial charge in [-0.15, -0.1) is 0 Å². The van der Waals surface area contributed by atoms with E-state index in [1.807, 2.05) is 6.07 Å². The smallest absolute Gasteiger partial charge is 0.335 e. The number of benzene rings is 1. The number of likely N-dealkylation sites (N-methyl/N-ethyl adjacent to an activating group) is 1. The molecule has 20 heavy (non-hydrogen) atoms. The number of piperazine rings is 1. The largest absolute Gasteiger partial charge is 0.478 e. The van der Waals surface area contributed by atoms with E-state index < -0.39 is 5.97 Å². The van der Waals surface area contributed by atoms with Gasteiger partial charge in [0.05, 0.1) is 12.1 Å². The number of hydrogen-bond donors (Lipinski definition) is 1. The Labute approximate surface area is 117 Å². The molecule has 1 aromatic heterocycles. The van der Waals surface area contributed by atoms with Gasteiger partial charge in [-0.1, -0.05) is 6.07 Å². The lowest BCUT2D eigenvalue weighted by molar-refractivity contribution is 0.0697. The van der Waals surface area contributed by atoms with E-state index in [-0.39, 0.29) is 5.56 Å². The number of rotatable bonds is 3. The van der Waals surface area contributed by atoms with Crippen LogP contribution in [0.1, 0.15) is 16.1 Å². The van der Waals surface area contributed by atoms with Gasteiger partial charge in [-0.2, -0.15) is 0 Å². The van der Waals surface area contributed by atoms with Crippen molar-refractivity contribution in [3.63, 3.8) is 0 Å². The molecule has 106 valence electrons. The molecule has 2 heterocycles. The van der Waals surface area contributed by atoms with Gasteiger partial charge in [0.25, 0.3) is 0 Å². The van der Waals surface area contributed by atoms with E-state index >= 15 is 0 Å². The molecule has 0 radical (unpaired) electrons. The van der Waals surface area contributed by atoms with Crippen molar-refractivity contribution >= 4 is 16.9 Å². The van der Waals surface area contributed by atoms with E-state index in [0.717, 1.165) is 43.9 Å². The summed E-state index contributed by atoms with van der Waals surface area (Å²) in [5.41, 5.74) is 0.909. The summed E-state index contributed by atoms with van der Waals surface area (Å²) in [4.78, 5) is 15.6. The molecule has 0 spiro atoms. The van der Waals surface area contributed by atoms with Crippen LogP contribution < -0.4 is 0 Å². The summed E-state index contributed by atoms with van der Waals surface area (Å²) >= 11 is 0. The number of fused-ring (bicyclic) bond motifs is 1. The number of aromatic carboxylic acids is 1. The second kappa shape index (κ2) is 5.26. The summed E-state index contributed by atoms with van der Waals surface area (Å²) in [6.07, 6.45) is 0. The topological polar surface area (TPSA) is 56.9 Å². The van der Waals surface area contributed by atoms with Crippen LogP contribution in [-0.2, 0) is 6.54 Å². The van der Waals surface area contributed by atoms with Gasteiger partial charge in [-0.25, -0.2) is 4.79 Å². The molecule has 2 aromatic rings.